The van der Waals surface area contributed by atoms with Crippen LogP contribution in [0.2, 0.25) is 0 Å². The number of nitrogens with zero attached hydrogens (tertiary/aromatic N) is 4. The highest BCUT2D eigenvalue weighted by atomic mass is 19.1. The fourth-order valence-corrected chi connectivity index (χ4v) is 3.43. The van der Waals surface area contributed by atoms with E-state index in [9.17, 15) is 9.18 Å². The van der Waals surface area contributed by atoms with Crippen LogP contribution < -0.4 is 22.1 Å². The van der Waals surface area contributed by atoms with Gasteiger partial charge in [0.25, 0.3) is 5.91 Å². The summed E-state index contributed by atoms with van der Waals surface area (Å²) in [7, 11) is 0. The van der Waals surface area contributed by atoms with Gasteiger partial charge in [-0.25, -0.2) is 9.37 Å². The van der Waals surface area contributed by atoms with Gasteiger partial charge in [0.1, 0.15) is 5.82 Å². The molecule has 0 radical (unpaired) electrons. The molecule has 1 amide bonds. The molecule has 2 atom stereocenters. The zero-order chi connectivity index (χ0) is 22.7. The van der Waals surface area contributed by atoms with E-state index in [1.54, 1.807) is 23.3 Å². The van der Waals surface area contributed by atoms with Gasteiger partial charge in [-0.1, -0.05) is 13.8 Å². The number of carbonyl (C=O) groups is 1. The number of primary amides is 1. The van der Waals surface area contributed by atoms with E-state index in [4.69, 9.17) is 11.5 Å². The molecule has 0 bridgehead atoms. The first-order valence-electron chi connectivity index (χ1n) is 10.3. The molecule has 6 N–H and O–H groups in total. The second-order valence-electron chi connectivity index (χ2n) is 8.02. The molecule has 3 aromatic heterocycles. The molecule has 0 spiro atoms. The van der Waals surface area contributed by atoms with Gasteiger partial charge >= 0.3 is 0 Å². The number of anilines is 3. The number of nitrogens with two attached hydrogens (primary N) is 2. The lowest BCUT2D eigenvalue weighted by Crippen LogP contribution is -2.39. The van der Waals surface area contributed by atoms with E-state index in [0.29, 0.717) is 18.2 Å². The number of halogens is 1. The van der Waals surface area contributed by atoms with Crippen molar-refractivity contribution in [3.05, 3.63) is 36.0 Å². The standard InChI is InChI=1S/C21H29FN8O/c1-5-30-18-10-25-9-17(14(18)8-26-30)28-20-13(19(24)31)7-15(22)21(29-20)27-16(12(4)23)6-11(2)3/h7-12,16H,5-6,23H2,1-4H3,(H2,24,31)(H2,27,28,29)/t12-,16+/m0/s1. The van der Waals surface area contributed by atoms with Crippen molar-refractivity contribution in [3.8, 4) is 0 Å². The summed E-state index contributed by atoms with van der Waals surface area (Å²) in [5.74, 6) is -0.991. The molecule has 0 aliphatic carbocycles. The van der Waals surface area contributed by atoms with Crippen LogP contribution in [-0.4, -0.2) is 37.7 Å². The van der Waals surface area contributed by atoms with Crippen LogP contribution in [0.5, 0.6) is 0 Å². The Kier molecular flexibility index (Phi) is 6.69. The van der Waals surface area contributed by atoms with E-state index in [-0.39, 0.29) is 29.3 Å². The van der Waals surface area contributed by atoms with Crippen molar-refractivity contribution < 1.29 is 9.18 Å². The summed E-state index contributed by atoms with van der Waals surface area (Å²) in [6.45, 7) is 8.64. The van der Waals surface area contributed by atoms with Gasteiger partial charge < -0.3 is 22.1 Å². The van der Waals surface area contributed by atoms with Gasteiger partial charge in [-0.2, -0.15) is 5.10 Å². The average Bonchev–Trinajstić information content (AvgIpc) is 3.13. The second kappa shape index (κ2) is 9.25. The van der Waals surface area contributed by atoms with E-state index >= 15 is 0 Å². The monoisotopic (exact) mass is 428 g/mol. The van der Waals surface area contributed by atoms with Crippen molar-refractivity contribution in [1.29, 1.82) is 0 Å². The number of rotatable bonds is 9. The molecule has 166 valence electrons. The minimum absolute atomic E-state index is 0.000150. The molecule has 0 aliphatic rings. The topological polar surface area (TPSA) is 137 Å². The quantitative estimate of drug-likeness (QED) is 0.411. The van der Waals surface area contributed by atoms with Crippen molar-refractivity contribution in [2.75, 3.05) is 10.6 Å². The number of carbonyl (C=O) groups excluding carboxylic acids is 1. The Morgan fingerprint density at radius 1 is 1.23 bits per heavy atom. The zero-order valence-electron chi connectivity index (χ0n) is 18.2. The molecule has 10 heteroatoms. The SMILES string of the molecule is CCn1ncc2c(Nc3nc(N[C@H](CC(C)C)[C@H](C)N)c(F)cc3C(N)=O)cncc21. The summed E-state index contributed by atoms with van der Waals surface area (Å²) in [5.41, 5.74) is 12.9. The van der Waals surface area contributed by atoms with Crippen LogP contribution in [0.3, 0.4) is 0 Å². The van der Waals surface area contributed by atoms with Crippen molar-refractivity contribution in [2.45, 2.75) is 52.7 Å². The fourth-order valence-electron chi connectivity index (χ4n) is 3.43. The molecule has 0 fully saturated rings. The molecule has 3 heterocycles. The highest BCUT2D eigenvalue weighted by Crippen LogP contribution is 2.28. The summed E-state index contributed by atoms with van der Waals surface area (Å²) < 4.78 is 16.6. The minimum atomic E-state index is -0.796. The maximum absolute atomic E-state index is 14.8. The van der Waals surface area contributed by atoms with E-state index in [2.05, 4.69) is 39.5 Å². The van der Waals surface area contributed by atoms with Crippen LogP contribution >= 0.6 is 0 Å². The number of hydrogen-bond acceptors (Lipinski definition) is 7. The molecule has 3 aromatic rings. The first-order chi connectivity index (χ1) is 14.7. The molecule has 0 unspecified atom stereocenters. The van der Waals surface area contributed by atoms with Gasteiger partial charge in [-0.15, -0.1) is 0 Å². The predicted molar refractivity (Wildman–Crippen MR) is 120 cm³/mol. The van der Waals surface area contributed by atoms with Gasteiger partial charge in [-0.05, 0) is 32.3 Å². The highest BCUT2D eigenvalue weighted by Gasteiger charge is 2.21. The molecule has 9 nitrogen and oxygen atoms in total. The van der Waals surface area contributed by atoms with E-state index in [1.165, 1.54) is 0 Å². The van der Waals surface area contributed by atoms with Crippen LogP contribution in [-0.2, 0) is 6.54 Å². The molecule has 3 rings (SSSR count). The molecule has 0 aliphatic heterocycles. The lowest BCUT2D eigenvalue weighted by atomic mass is 9.99. The van der Waals surface area contributed by atoms with Gasteiger partial charge in [0.05, 0.1) is 35.4 Å². The highest BCUT2D eigenvalue weighted by molar-refractivity contribution is 6.00. The summed E-state index contributed by atoms with van der Waals surface area (Å²) in [6, 6.07) is 0.659. The number of nitrogens with one attached hydrogen (secondary N) is 2. The second-order valence-corrected chi connectivity index (χ2v) is 8.02. The van der Waals surface area contributed by atoms with E-state index in [0.717, 1.165) is 23.4 Å². The van der Waals surface area contributed by atoms with Crippen molar-refractivity contribution in [2.24, 2.45) is 17.4 Å². The van der Waals surface area contributed by atoms with Gasteiger partial charge in [-0.3, -0.25) is 14.5 Å². The Labute approximate surface area is 180 Å². The largest absolute Gasteiger partial charge is 0.365 e. The summed E-state index contributed by atoms with van der Waals surface area (Å²) in [4.78, 5) is 20.5. The first kappa shape index (κ1) is 22.4. The third kappa shape index (κ3) is 4.91. The lowest BCUT2D eigenvalue weighted by Gasteiger charge is -2.25. The molecule has 31 heavy (non-hydrogen) atoms. The number of aryl methyl sites for hydroxylation is 1. The summed E-state index contributed by atoms with van der Waals surface area (Å²) in [6.07, 6.45) is 5.73. The molecule has 0 aromatic carbocycles. The lowest BCUT2D eigenvalue weighted by molar-refractivity contribution is 0.100. The molecular weight excluding hydrogens is 399 g/mol. The molecule has 0 saturated heterocycles. The number of hydrogen-bond donors (Lipinski definition) is 4. The fraction of sp³-hybridized carbons (Fsp3) is 0.429. The number of fused-ring (bicyclic) bond motifs is 1. The normalized spacial score (nSPS) is 13.4. The van der Waals surface area contributed by atoms with E-state index in [1.807, 2.05) is 13.8 Å². The van der Waals surface area contributed by atoms with Gasteiger partial charge in [0.2, 0.25) is 0 Å². The number of pyridine rings is 2. The Bertz CT molecular complexity index is 1080. The molecular formula is C21H29FN8O. The van der Waals surface area contributed by atoms with Crippen molar-refractivity contribution >= 4 is 34.1 Å². The Morgan fingerprint density at radius 2 is 1.97 bits per heavy atom. The van der Waals surface area contributed by atoms with Crippen LogP contribution in [0.1, 0.15) is 44.5 Å². The Morgan fingerprint density at radius 3 is 2.58 bits per heavy atom. The maximum atomic E-state index is 14.8. The molecule has 0 saturated carbocycles. The number of aromatic nitrogens is 4. The number of amides is 1. The minimum Gasteiger partial charge on any atom is -0.365 e. The van der Waals surface area contributed by atoms with Crippen LogP contribution in [0.15, 0.2) is 24.7 Å². The summed E-state index contributed by atoms with van der Waals surface area (Å²) >= 11 is 0. The van der Waals surface area contributed by atoms with Crippen LogP contribution in [0.25, 0.3) is 10.9 Å². The van der Waals surface area contributed by atoms with Gasteiger partial charge in [0, 0.05) is 24.0 Å². The Balaban J connectivity index is 2.02. The average molecular weight is 429 g/mol. The summed E-state index contributed by atoms with van der Waals surface area (Å²) in [5, 5.41) is 11.3. The van der Waals surface area contributed by atoms with E-state index < -0.39 is 11.7 Å². The third-order valence-electron chi connectivity index (χ3n) is 5.05. The zero-order valence-corrected chi connectivity index (χ0v) is 18.2. The smallest absolute Gasteiger partial charge is 0.252 e. The van der Waals surface area contributed by atoms with Crippen molar-refractivity contribution in [1.82, 2.24) is 19.7 Å². The maximum Gasteiger partial charge on any atom is 0.252 e. The van der Waals surface area contributed by atoms with Crippen molar-refractivity contribution in [3.63, 3.8) is 0 Å². The van der Waals surface area contributed by atoms with Gasteiger partial charge in [0.15, 0.2) is 11.6 Å². The first-order valence-corrected chi connectivity index (χ1v) is 10.3. The van der Waals surface area contributed by atoms with Crippen LogP contribution in [0, 0.1) is 11.7 Å². The van der Waals surface area contributed by atoms with Crippen LogP contribution in [0.4, 0.5) is 21.7 Å². The Hall–Kier alpha value is -3.27. The predicted octanol–water partition coefficient (Wildman–Crippen LogP) is 3.00. The third-order valence-corrected chi connectivity index (χ3v) is 5.05.